The van der Waals surface area contributed by atoms with Crippen LogP contribution in [0.25, 0.3) is 0 Å². The number of hydrogen-bond donors (Lipinski definition) is 1. The molecule has 5 heteroatoms. The fourth-order valence-corrected chi connectivity index (χ4v) is 0. The molecule has 0 aliphatic rings. The van der Waals surface area contributed by atoms with Gasteiger partial charge in [0, 0.05) is 8.80 Å². The standard InChI is InChI=1S/C3H10Si.C2H4O3S/c1-4(2)3;1-2-6(3,4)5/h4H,1-3H3;2H,1H2,(H,3,4,5). The Bertz CT molecular complexity index is 157. The van der Waals surface area contributed by atoms with Crippen LogP contribution in [0.5, 0.6) is 0 Å². The van der Waals surface area contributed by atoms with Gasteiger partial charge in [-0.05, 0) is 0 Å². The van der Waals surface area contributed by atoms with E-state index >= 15 is 0 Å². The van der Waals surface area contributed by atoms with Crippen LogP contribution in [0.15, 0.2) is 12.0 Å². The Morgan fingerprint density at radius 2 is 1.50 bits per heavy atom. The van der Waals surface area contributed by atoms with Gasteiger partial charge in [0.2, 0.25) is 0 Å². The minimum Gasteiger partial charge on any atom is -0.282 e. The van der Waals surface area contributed by atoms with Crippen molar-refractivity contribution in [1.29, 1.82) is 0 Å². The van der Waals surface area contributed by atoms with E-state index in [4.69, 9.17) is 4.55 Å². The molecule has 0 heterocycles. The quantitative estimate of drug-likeness (QED) is 0.488. The average Bonchev–Trinajstić information content (AvgIpc) is 1.63. The summed E-state index contributed by atoms with van der Waals surface area (Å²) < 4.78 is 26.6. The maximum atomic E-state index is 9.44. The molecule has 10 heavy (non-hydrogen) atoms. The Morgan fingerprint density at radius 1 is 1.40 bits per heavy atom. The minimum absolute atomic E-state index is 0.139. The van der Waals surface area contributed by atoms with Gasteiger partial charge in [0.1, 0.15) is 0 Å². The van der Waals surface area contributed by atoms with Crippen molar-refractivity contribution in [3.63, 3.8) is 0 Å². The van der Waals surface area contributed by atoms with E-state index in [0.29, 0.717) is 5.41 Å². The van der Waals surface area contributed by atoms with Crippen LogP contribution in [0.1, 0.15) is 0 Å². The van der Waals surface area contributed by atoms with E-state index in [2.05, 4.69) is 26.2 Å². The second-order valence-electron chi connectivity index (χ2n) is 2.41. The predicted octanol–water partition coefficient (Wildman–Crippen LogP) is 1.12. The Kier molecular flexibility index (Phi) is 7.07. The fraction of sp³-hybridized carbons (Fsp3) is 0.600. The van der Waals surface area contributed by atoms with E-state index in [1.54, 1.807) is 0 Å². The van der Waals surface area contributed by atoms with Crippen molar-refractivity contribution >= 4 is 18.9 Å². The molecule has 0 saturated carbocycles. The van der Waals surface area contributed by atoms with Crippen LogP contribution in [-0.4, -0.2) is 21.8 Å². The summed E-state index contributed by atoms with van der Waals surface area (Å²) in [6, 6.07) is 0. The topological polar surface area (TPSA) is 54.4 Å². The first kappa shape index (κ1) is 12.5. The van der Waals surface area contributed by atoms with Crippen LogP contribution >= 0.6 is 0 Å². The summed E-state index contributed by atoms with van der Waals surface area (Å²) in [5, 5.41) is 0.465. The molecule has 0 aromatic heterocycles. The Labute approximate surface area is 64.1 Å². The lowest BCUT2D eigenvalue weighted by Crippen LogP contribution is -1.86. The SMILES string of the molecule is C=CS(=O)(=O)O.C[SiH](C)C. The largest absolute Gasteiger partial charge is 0.287 e. The van der Waals surface area contributed by atoms with Crippen molar-refractivity contribution in [3.8, 4) is 0 Å². The minimum atomic E-state index is -3.90. The summed E-state index contributed by atoms with van der Waals surface area (Å²) in [5.41, 5.74) is 0. The Hall–Kier alpha value is -0.133. The van der Waals surface area contributed by atoms with Crippen LogP contribution in [0.4, 0.5) is 0 Å². The van der Waals surface area contributed by atoms with E-state index in [0.717, 1.165) is 0 Å². The van der Waals surface area contributed by atoms with Crippen molar-refractivity contribution in [3.05, 3.63) is 12.0 Å². The molecule has 0 aromatic carbocycles. The third-order valence-corrected chi connectivity index (χ3v) is 0.632. The Morgan fingerprint density at radius 3 is 1.50 bits per heavy atom. The molecule has 62 valence electrons. The number of hydrogen-bond acceptors (Lipinski definition) is 2. The molecule has 0 unspecified atom stereocenters. The van der Waals surface area contributed by atoms with E-state index in [9.17, 15) is 8.42 Å². The van der Waals surface area contributed by atoms with Gasteiger partial charge in [-0.2, -0.15) is 8.42 Å². The third-order valence-electron chi connectivity index (χ3n) is 0.211. The monoisotopic (exact) mass is 182 g/mol. The molecule has 0 radical (unpaired) electrons. The van der Waals surface area contributed by atoms with Gasteiger partial charge in [0.15, 0.2) is 0 Å². The van der Waals surface area contributed by atoms with E-state index in [1.165, 1.54) is 0 Å². The first-order chi connectivity index (χ1) is 4.29. The van der Waals surface area contributed by atoms with Gasteiger partial charge in [0.25, 0.3) is 10.1 Å². The van der Waals surface area contributed by atoms with E-state index < -0.39 is 10.1 Å². The summed E-state index contributed by atoms with van der Waals surface area (Å²) in [4.78, 5) is 0. The second kappa shape index (κ2) is 5.64. The summed E-state index contributed by atoms with van der Waals surface area (Å²) in [6.45, 7) is 9.71. The maximum Gasteiger partial charge on any atom is 0.287 e. The summed E-state index contributed by atoms with van der Waals surface area (Å²) in [6.07, 6.45) is 0. The van der Waals surface area contributed by atoms with Gasteiger partial charge in [0.05, 0.1) is 5.41 Å². The fourth-order valence-electron chi connectivity index (χ4n) is 0. The highest BCUT2D eigenvalue weighted by molar-refractivity contribution is 7.88. The maximum absolute atomic E-state index is 9.44. The highest BCUT2D eigenvalue weighted by atomic mass is 32.2. The van der Waals surface area contributed by atoms with Crippen LogP contribution in [-0.2, 0) is 10.1 Å². The van der Waals surface area contributed by atoms with Crippen LogP contribution < -0.4 is 0 Å². The molecule has 0 bridgehead atoms. The van der Waals surface area contributed by atoms with Gasteiger partial charge in [-0.1, -0.05) is 26.2 Å². The van der Waals surface area contributed by atoms with Crippen molar-refractivity contribution in [2.75, 3.05) is 0 Å². The molecule has 0 aliphatic carbocycles. The van der Waals surface area contributed by atoms with Gasteiger partial charge in [-0.15, -0.1) is 0 Å². The average molecular weight is 182 g/mol. The normalized spacial score (nSPS) is 10.1. The van der Waals surface area contributed by atoms with E-state index in [-0.39, 0.29) is 8.80 Å². The predicted molar refractivity (Wildman–Crippen MR) is 46.5 cm³/mol. The van der Waals surface area contributed by atoms with Gasteiger partial charge in [-0.25, -0.2) is 0 Å². The lowest BCUT2D eigenvalue weighted by molar-refractivity contribution is 0.494. The zero-order valence-corrected chi connectivity index (χ0v) is 8.50. The van der Waals surface area contributed by atoms with Crippen molar-refractivity contribution in [2.24, 2.45) is 0 Å². The van der Waals surface area contributed by atoms with Crippen molar-refractivity contribution in [1.82, 2.24) is 0 Å². The lowest BCUT2D eigenvalue weighted by atomic mass is 11.3. The highest BCUT2D eigenvalue weighted by Crippen LogP contribution is 1.75. The van der Waals surface area contributed by atoms with Crippen LogP contribution in [0.3, 0.4) is 0 Å². The molecule has 0 amide bonds. The zero-order valence-electron chi connectivity index (χ0n) is 6.53. The van der Waals surface area contributed by atoms with Crippen molar-refractivity contribution < 1.29 is 13.0 Å². The van der Waals surface area contributed by atoms with Crippen molar-refractivity contribution in [2.45, 2.75) is 19.6 Å². The van der Waals surface area contributed by atoms with Gasteiger partial charge < -0.3 is 0 Å². The second-order valence-corrected chi connectivity index (χ2v) is 7.24. The Balaban J connectivity index is 0. The molecule has 0 aromatic rings. The van der Waals surface area contributed by atoms with E-state index in [1.807, 2.05) is 0 Å². The van der Waals surface area contributed by atoms with Crippen LogP contribution in [0, 0.1) is 0 Å². The van der Waals surface area contributed by atoms with Gasteiger partial charge in [-0.3, -0.25) is 4.55 Å². The van der Waals surface area contributed by atoms with Gasteiger partial charge >= 0.3 is 0 Å². The smallest absolute Gasteiger partial charge is 0.282 e. The highest BCUT2D eigenvalue weighted by Gasteiger charge is 1.87. The molecule has 1 N–H and O–H groups in total. The molecular weight excluding hydrogens is 168 g/mol. The van der Waals surface area contributed by atoms with Crippen LogP contribution in [0.2, 0.25) is 19.6 Å². The number of rotatable bonds is 1. The first-order valence-electron chi connectivity index (χ1n) is 2.89. The summed E-state index contributed by atoms with van der Waals surface area (Å²) >= 11 is 0. The molecule has 0 saturated heterocycles. The molecule has 0 spiro atoms. The molecule has 0 atom stereocenters. The first-order valence-corrected chi connectivity index (χ1v) is 7.86. The summed E-state index contributed by atoms with van der Waals surface area (Å²) in [5.74, 6) is 0. The summed E-state index contributed by atoms with van der Waals surface area (Å²) in [7, 11) is -4.04. The molecule has 0 rings (SSSR count). The molecule has 0 fully saturated rings. The lowest BCUT2D eigenvalue weighted by Gasteiger charge is -1.75. The third kappa shape index (κ3) is 45.1. The molecular formula is C5H14O3SSi. The molecule has 3 nitrogen and oxygen atoms in total. The molecule has 0 aliphatic heterocycles. The zero-order chi connectivity index (χ0) is 8.78.